The molecule has 7 heteroatoms. The highest BCUT2D eigenvalue weighted by Crippen LogP contribution is 2.40. The Morgan fingerprint density at radius 1 is 1.28 bits per heavy atom. The molecule has 1 fully saturated rings. The van der Waals surface area contributed by atoms with Crippen LogP contribution in [0.4, 0.5) is 21.8 Å². The van der Waals surface area contributed by atoms with E-state index in [-0.39, 0.29) is 24.4 Å². The van der Waals surface area contributed by atoms with Crippen LogP contribution in [0, 0.1) is 11.7 Å². The normalized spacial score (nSPS) is 15.3. The van der Waals surface area contributed by atoms with Crippen molar-refractivity contribution in [1.29, 1.82) is 0 Å². The average Bonchev–Trinajstić information content (AvgIpc) is 3.40. The lowest BCUT2D eigenvalue weighted by atomic mass is 10.1. The van der Waals surface area contributed by atoms with E-state index < -0.39 is 0 Å². The van der Waals surface area contributed by atoms with E-state index in [1.807, 2.05) is 19.9 Å². The first-order chi connectivity index (χ1) is 12.0. The third kappa shape index (κ3) is 4.67. The van der Waals surface area contributed by atoms with Gasteiger partial charge in [0.15, 0.2) is 0 Å². The van der Waals surface area contributed by atoms with Gasteiger partial charge in [-0.05, 0) is 37.0 Å². The summed E-state index contributed by atoms with van der Waals surface area (Å²) in [5.41, 5.74) is 1.30. The Labute approximate surface area is 155 Å². The predicted octanol–water partition coefficient (Wildman–Crippen LogP) is 4.43. The Kier molecular flexibility index (Phi) is 5.54. The van der Waals surface area contributed by atoms with Gasteiger partial charge in [-0.2, -0.15) is 4.98 Å². The summed E-state index contributed by atoms with van der Waals surface area (Å²) in [4.78, 5) is 9.02. The first kappa shape index (κ1) is 18.1. The highest BCUT2D eigenvalue weighted by molar-refractivity contribution is 9.10. The number of hydrogen-bond acceptors (Lipinski definition) is 5. The third-order valence-corrected chi connectivity index (χ3v) is 4.74. The maximum absolute atomic E-state index is 14.1. The van der Waals surface area contributed by atoms with Crippen LogP contribution in [-0.4, -0.2) is 27.7 Å². The van der Waals surface area contributed by atoms with Gasteiger partial charge >= 0.3 is 0 Å². The monoisotopic (exact) mass is 408 g/mol. The zero-order valence-electron chi connectivity index (χ0n) is 14.3. The van der Waals surface area contributed by atoms with E-state index in [9.17, 15) is 9.50 Å². The molecule has 3 N–H and O–H groups in total. The van der Waals surface area contributed by atoms with Gasteiger partial charge in [0.2, 0.25) is 5.95 Å². The molecule has 0 radical (unpaired) electrons. The highest BCUT2D eigenvalue weighted by Gasteiger charge is 2.27. The molecule has 25 heavy (non-hydrogen) atoms. The van der Waals surface area contributed by atoms with E-state index in [2.05, 4.69) is 36.5 Å². The second-order valence-electron chi connectivity index (χ2n) is 6.70. The molecule has 1 atom stereocenters. The van der Waals surface area contributed by atoms with E-state index in [1.165, 1.54) is 6.07 Å². The Morgan fingerprint density at radius 2 is 2.04 bits per heavy atom. The minimum atomic E-state index is -0.356. The van der Waals surface area contributed by atoms with Crippen LogP contribution >= 0.6 is 15.9 Å². The van der Waals surface area contributed by atoms with E-state index in [0.717, 1.165) is 18.5 Å². The molecule has 0 saturated heterocycles. The molecule has 1 saturated carbocycles. The Balaban J connectivity index is 1.87. The molecular weight excluding hydrogens is 387 g/mol. The third-order valence-electron chi connectivity index (χ3n) is 4.25. The lowest BCUT2D eigenvalue weighted by Crippen LogP contribution is -2.30. The van der Waals surface area contributed by atoms with Crippen LogP contribution in [0.2, 0.25) is 0 Å². The predicted molar refractivity (Wildman–Crippen MR) is 101 cm³/mol. The molecule has 1 aromatic heterocycles. The first-order valence-electron chi connectivity index (χ1n) is 8.44. The standard InChI is InChI=1S/C18H22BrFN4O/c1-10(2)16(9-25)23-18-22-15(11-3-4-11)8-17(24-18)21-14-6-5-12(19)7-13(14)20/h5-8,10-11,16,25H,3-4,9H2,1-2H3,(H2,21,22,23,24)/t16-/m0/s1. The van der Waals surface area contributed by atoms with Gasteiger partial charge in [-0.3, -0.25) is 0 Å². The number of aliphatic hydroxyl groups excluding tert-OH is 1. The van der Waals surface area contributed by atoms with Gasteiger partial charge in [0, 0.05) is 16.5 Å². The zero-order chi connectivity index (χ0) is 18.0. The van der Waals surface area contributed by atoms with Crippen molar-refractivity contribution in [2.24, 2.45) is 5.92 Å². The molecule has 0 spiro atoms. The molecule has 0 bridgehead atoms. The van der Waals surface area contributed by atoms with Crippen molar-refractivity contribution in [1.82, 2.24) is 9.97 Å². The first-order valence-corrected chi connectivity index (χ1v) is 9.24. The van der Waals surface area contributed by atoms with Gasteiger partial charge in [0.05, 0.1) is 24.0 Å². The molecule has 2 aromatic rings. The van der Waals surface area contributed by atoms with Gasteiger partial charge in [-0.25, -0.2) is 9.37 Å². The van der Waals surface area contributed by atoms with Crippen LogP contribution in [0.25, 0.3) is 0 Å². The molecule has 1 aliphatic rings. The fourth-order valence-corrected chi connectivity index (χ4v) is 2.83. The number of hydrogen-bond donors (Lipinski definition) is 3. The number of aliphatic hydroxyl groups is 1. The summed E-state index contributed by atoms with van der Waals surface area (Å²) in [6.07, 6.45) is 2.21. The van der Waals surface area contributed by atoms with Crippen LogP contribution < -0.4 is 10.6 Å². The minimum Gasteiger partial charge on any atom is -0.394 e. The van der Waals surface area contributed by atoms with Crippen molar-refractivity contribution >= 4 is 33.4 Å². The molecule has 3 rings (SSSR count). The molecule has 1 heterocycles. The number of halogens is 2. The maximum atomic E-state index is 14.1. The summed E-state index contributed by atoms with van der Waals surface area (Å²) in [5, 5.41) is 15.7. The van der Waals surface area contributed by atoms with Crippen molar-refractivity contribution in [3.63, 3.8) is 0 Å². The van der Waals surface area contributed by atoms with Gasteiger partial charge in [-0.15, -0.1) is 0 Å². The molecule has 1 aromatic carbocycles. The molecular formula is C18H22BrFN4O. The quantitative estimate of drug-likeness (QED) is 0.631. The maximum Gasteiger partial charge on any atom is 0.225 e. The fourth-order valence-electron chi connectivity index (χ4n) is 2.50. The number of anilines is 3. The topological polar surface area (TPSA) is 70.1 Å². The molecule has 134 valence electrons. The van der Waals surface area contributed by atoms with Crippen molar-refractivity contribution in [2.75, 3.05) is 17.2 Å². The van der Waals surface area contributed by atoms with Gasteiger partial charge in [-0.1, -0.05) is 29.8 Å². The Morgan fingerprint density at radius 3 is 2.64 bits per heavy atom. The smallest absolute Gasteiger partial charge is 0.225 e. The summed E-state index contributed by atoms with van der Waals surface area (Å²) in [7, 11) is 0. The average molecular weight is 409 g/mol. The zero-order valence-corrected chi connectivity index (χ0v) is 15.8. The summed E-state index contributed by atoms with van der Waals surface area (Å²) < 4.78 is 14.8. The van der Waals surface area contributed by atoms with Crippen molar-refractivity contribution < 1.29 is 9.50 Å². The number of rotatable bonds is 7. The Bertz CT molecular complexity index is 752. The number of aromatic nitrogens is 2. The lowest BCUT2D eigenvalue weighted by Gasteiger charge is -2.20. The van der Waals surface area contributed by atoms with Crippen molar-refractivity contribution in [3.05, 3.63) is 40.2 Å². The van der Waals surface area contributed by atoms with Gasteiger partial charge < -0.3 is 15.7 Å². The second-order valence-corrected chi connectivity index (χ2v) is 7.62. The van der Waals surface area contributed by atoms with Crippen LogP contribution in [0.3, 0.4) is 0 Å². The summed E-state index contributed by atoms with van der Waals surface area (Å²) >= 11 is 3.25. The van der Waals surface area contributed by atoms with Crippen molar-refractivity contribution in [2.45, 2.75) is 38.6 Å². The number of benzene rings is 1. The second kappa shape index (κ2) is 7.66. The molecule has 5 nitrogen and oxygen atoms in total. The van der Waals surface area contributed by atoms with Crippen LogP contribution in [-0.2, 0) is 0 Å². The van der Waals surface area contributed by atoms with Crippen LogP contribution in [0.1, 0.15) is 38.3 Å². The lowest BCUT2D eigenvalue weighted by molar-refractivity contribution is 0.248. The van der Waals surface area contributed by atoms with Gasteiger partial charge in [0.25, 0.3) is 0 Å². The van der Waals surface area contributed by atoms with Crippen LogP contribution in [0.5, 0.6) is 0 Å². The highest BCUT2D eigenvalue weighted by atomic mass is 79.9. The summed E-state index contributed by atoms with van der Waals surface area (Å²) in [5.74, 6) is 1.31. The largest absolute Gasteiger partial charge is 0.394 e. The number of nitrogens with one attached hydrogen (secondary N) is 2. The molecule has 0 aliphatic heterocycles. The van der Waals surface area contributed by atoms with Crippen molar-refractivity contribution in [3.8, 4) is 0 Å². The number of nitrogens with zero attached hydrogens (tertiary/aromatic N) is 2. The van der Waals surface area contributed by atoms with E-state index in [0.29, 0.717) is 27.8 Å². The van der Waals surface area contributed by atoms with E-state index in [4.69, 9.17) is 0 Å². The fraction of sp³-hybridized carbons (Fsp3) is 0.444. The molecule has 0 amide bonds. The minimum absolute atomic E-state index is 0.00121. The SMILES string of the molecule is CC(C)[C@H](CO)Nc1nc(Nc2ccc(Br)cc2F)cc(C2CC2)n1. The van der Waals surface area contributed by atoms with Crippen LogP contribution in [0.15, 0.2) is 28.7 Å². The molecule has 0 unspecified atom stereocenters. The van der Waals surface area contributed by atoms with Gasteiger partial charge in [0.1, 0.15) is 11.6 Å². The summed E-state index contributed by atoms with van der Waals surface area (Å²) in [6, 6.07) is 6.58. The molecule has 1 aliphatic carbocycles. The van der Waals surface area contributed by atoms with E-state index in [1.54, 1.807) is 12.1 Å². The summed E-state index contributed by atoms with van der Waals surface area (Å²) in [6.45, 7) is 4.04. The Hall–Kier alpha value is -1.73. The van der Waals surface area contributed by atoms with E-state index >= 15 is 0 Å².